The Morgan fingerprint density at radius 3 is 2.06 bits per heavy atom. The van der Waals surface area contributed by atoms with Crippen molar-refractivity contribution in [3.05, 3.63) is 34.9 Å². The Kier molecular flexibility index (Phi) is 10.5. The Bertz CT molecular complexity index is 1560. The molecule has 5 rings (SSSR count). The third kappa shape index (κ3) is 7.05. The largest absolute Gasteiger partial charge is 0.507 e. The van der Waals surface area contributed by atoms with E-state index in [0.717, 1.165) is 39.3 Å². The van der Waals surface area contributed by atoms with Gasteiger partial charge in [-0.05, 0) is 30.9 Å². The van der Waals surface area contributed by atoms with Crippen LogP contribution in [-0.2, 0) is 47.6 Å². The van der Waals surface area contributed by atoms with E-state index < -0.39 is 108 Å². The standard InChI is InChI=1S/C34H40O15/c1-13-9-18-11-22(43-6)27-28(24(18)20(40)10-13)30(42)26-21(8-7-19(39)25(26)29(27)41)48-34-33(47-17(5)38)32(46-16(4)37)31(45-15(3)36)23(49-34)12-44-14(2)35/h7-8,11,13,20,22-24,27-28,31-34,39-40H,9-10,12H2,1-6H3/t13-,20-,22-,23+,24-,27-,28+,31+,32-,33+,34+/m0/s1. The van der Waals surface area contributed by atoms with Crippen molar-refractivity contribution in [2.75, 3.05) is 13.7 Å². The zero-order valence-corrected chi connectivity index (χ0v) is 27.9. The number of ether oxygens (including phenoxy) is 7. The van der Waals surface area contributed by atoms with Crippen LogP contribution in [0.5, 0.6) is 11.5 Å². The van der Waals surface area contributed by atoms with E-state index in [1.807, 2.05) is 6.92 Å². The average molecular weight is 689 g/mol. The number of hydrogen-bond acceptors (Lipinski definition) is 15. The number of phenolic OH excluding ortho intramolecular Hbond substituents is 1. The number of Topliss-reactive ketones (excluding diaryl/α,β-unsaturated/α-hetero) is 2. The zero-order chi connectivity index (χ0) is 35.9. The van der Waals surface area contributed by atoms with Gasteiger partial charge in [-0.15, -0.1) is 0 Å². The van der Waals surface area contributed by atoms with Gasteiger partial charge in [-0.25, -0.2) is 0 Å². The number of methoxy groups -OCH3 is 1. The maximum atomic E-state index is 14.6. The van der Waals surface area contributed by atoms with Crippen molar-refractivity contribution in [1.29, 1.82) is 0 Å². The fraction of sp³-hybridized carbons (Fsp3) is 0.588. The molecule has 0 unspecified atom stereocenters. The quantitative estimate of drug-likeness (QED) is 0.227. The number of rotatable bonds is 8. The van der Waals surface area contributed by atoms with Crippen LogP contribution >= 0.6 is 0 Å². The predicted molar refractivity (Wildman–Crippen MR) is 163 cm³/mol. The van der Waals surface area contributed by atoms with E-state index in [9.17, 15) is 39.0 Å². The lowest BCUT2D eigenvalue weighted by atomic mass is 9.57. The number of ketones is 2. The van der Waals surface area contributed by atoms with Crippen LogP contribution in [0.15, 0.2) is 23.8 Å². The molecule has 2 N–H and O–H groups in total. The van der Waals surface area contributed by atoms with Gasteiger partial charge in [0.05, 0.1) is 29.3 Å². The molecule has 0 aromatic heterocycles. The number of benzene rings is 1. The number of carbonyl (C=O) groups excluding carboxylic acids is 6. The van der Waals surface area contributed by atoms with Gasteiger partial charge in [0, 0.05) is 46.6 Å². The monoisotopic (exact) mass is 688 g/mol. The van der Waals surface area contributed by atoms with Crippen LogP contribution in [0.3, 0.4) is 0 Å². The third-order valence-electron chi connectivity index (χ3n) is 9.28. The summed E-state index contributed by atoms with van der Waals surface area (Å²) in [5, 5.41) is 22.2. The van der Waals surface area contributed by atoms with E-state index >= 15 is 0 Å². The van der Waals surface area contributed by atoms with Gasteiger partial charge in [0.15, 0.2) is 23.8 Å². The van der Waals surface area contributed by atoms with Gasteiger partial charge in [0.1, 0.15) is 24.2 Å². The molecule has 15 heteroatoms. The Morgan fingerprint density at radius 1 is 0.837 bits per heavy atom. The van der Waals surface area contributed by atoms with Crippen molar-refractivity contribution in [2.45, 2.75) is 90.4 Å². The molecule has 1 heterocycles. The van der Waals surface area contributed by atoms with Crippen LogP contribution in [0.25, 0.3) is 0 Å². The maximum Gasteiger partial charge on any atom is 0.303 e. The number of hydrogen-bond donors (Lipinski definition) is 2. The molecule has 1 aliphatic heterocycles. The van der Waals surface area contributed by atoms with Gasteiger partial charge >= 0.3 is 23.9 Å². The molecule has 0 bridgehead atoms. The Hall–Kier alpha value is -4.34. The number of aliphatic hydroxyl groups excluding tert-OH is 1. The van der Waals surface area contributed by atoms with Crippen LogP contribution in [0.1, 0.15) is 68.2 Å². The van der Waals surface area contributed by atoms with Crippen molar-refractivity contribution < 1.29 is 72.1 Å². The van der Waals surface area contributed by atoms with Crippen molar-refractivity contribution >= 4 is 35.4 Å². The first-order valence-electron chi connectivity index (χ1n) is 16.0. The molecule has 1 aromatic carbocycles. The van der Waals surface area contributed by atoms with Gasteiger partial charge < -0.3 is 43.4 Å². The first kappa shape index (κ1) is 36.0. The van der Waals surface area contributed by atoms with Crippen molar-refractivity contribution in [1.82, 2.24) is 0 Å². The molecule has 1 saturated heterocycles. The topological polar surface area (TPSA) is 207 Å². The maximum absolute atomic E-state index is 14.6. The summed E-state index contributed by atoms with van der Waals surface area (Å²) in [6.07, 6.45) is -6.60. The highest BCUT2D eigenvalue weighted by Crippen LogP contribution is 2.52. The SMILES string of the molecule is CO[C@H]1C=C2C[C@H](C)C[C@H](O)[C@H]2[C@H]2C(=O)c3c(O[C@@H]4O[C@H](COC(C)=O)[C@@H](OC(C)=O)[C@H](OC(C)=O)[C@H]4OC(C)=O)ccc(O)c3C(=O)[C@H]21. The van der Waals surface area contributed by atoms with Crippen molar-refractivity contribution in [2.24, 2.45) is 23.7 Å². The van der Waals surface area contributed by atoms with Crippen LogP contribution in [0, 0.1) is 23.7 Å². The smallest absolute Gasteiger partial charge is 0.303 e. The first-order valence-corrected chi connectivity index (χ1v) is 16.0. The molecule has 11 atom stereocenters. The van der Waals surface area contributed by atoms with Crippen LogP contribution < -0.4 is 4.74 Å². The highest BCUT2D eigenvalue weighted by atomic mass is 16.7. The van der Waals surface area contributed by atoms with Crippen LogP contribution in [0.2, 0.25) is 0 Å². The average Bonchev–Trinajstić information content (AvgIpc) is 3.00. The molecule has 266 valence electrons. The fourth-order valence-corrected chi connectivity index (χ4v) is 7.58. The number of carbonyl (C=O) groups is 6. The van der Waals surface area contributed by atoms with E-state index in [2.05, 4.69) is 0 Å². The number of esters is 4. The minimum atomic E-state index is -1.70. The van der Waals surface area contributed by atoms with E-state index in [-0.39, 0.29) is 22.8 Å². The molecule has 49 heavy (non-hydrogen) atoms. The number of aliphatic hydroxyl groups is 1. The fourth-order valence-electron chi connectivity index (χ4n) is 7.58. The molecule has 1 aromatic rings. The van der Waals surface area contributed by atoms with E-state index in [4.69, 9.17) is 33.2 Å². The number of phenols is 1. The van der Waals surface area contributed by atoms with Gasteiger partial charge in [-0.3, -0.25) is 28.8 Å². The molecule has 2 fully saturated rings. The zero-order valence-electron chi connectivity index (χ0n) is 27.9. The molecule has 3 aliphatic carbocycles. The second kappa shape index (κ2) is 14.3. The molecular formula is C34H40O15. The Labute approximate surface area is 281 Å². The summed E-state index contributed by atoms with van der Waals surface area (Å²) in [4.78, 5) is 77.2. The highest BCUT2D eigenvalue weighted by molar-refractivity contribution is 6.19. The van der Waals surface area contributed by atoms with Crippen LogP contribution in [0.4, 0.5) is 0 Å². The molecule has 0 spiro atoms. The lowest BCUT2D eigenvalue weighted by molar-refractivity contribution is -0.288. The second-order valence-corrected chi connectivity index (χ2v) is 12.9. The van der Waals surface area contributed by atoms with Crippen LogP contribution in [-0.4, -0.2) is 102 Å². The number of fused-ring (bicyclic) bond motifs is 4. The molecule has 4 aliphatic rings. The Morgan fingerprint density at radius 2 is 1.45 bits per heavy atom. The summed E-state index contributed by atoms with van der Waals surface area (Å²) in [6, 6.07) is 2.37. The molecule has 0 amide bonds. The Balaban J connectivity index is 1.61. The number of aromatic hydroxyl groups is 1. The molecule has 15 nitrogen and oxygen atoms in total. The summed E-state index contributed by atoms with van der Waals surface area (Å²) >= 11 is 0. The van der Waals surface area contributed by atoms with Gasteiger partial charge in [-0.1, -0.05) is 18.6 Å². The lowest BCUT2D eigenvalue weighted by Gasteiger charge is -2.48. The highest BCUT2D eigenvalue weighted by Gasteiger charge is 2.57. The minimum Gasteiger partial charge on any atom is -0.507 e. The predicted octanol–water partition coefficient (Wildman–Crippen LogP) is 1.83. The third-order valence-corrected chi connectivity index (χ3v) is 9.28. The van der Waals surface area contributed by atoms with Crippen molar-refractivity contribution in [3.63, 3.8) is 0 Å². The van der Waals surface area contributed by atoms with Gasteiger partial charge in [0.2, 0.25) is 12.4 Å². The first-order chi connectivity index (χ1) is 23.1. The van der Waals surface area contributed by atoms with Gasteiger partial charge in [0.25, 0.3) is 0 Å². The van der Waals surface area contributed by atoms with E-state index in [1.54, 1.807) is 6.08 Å². The van der Waals surface area contributed by atoms with E-state index in [1.165, 1.54) is 13.2 Å². The van der Waals surface area contributed by atoms with E-state index in [0.29, 0.717) is 12.8 Å². The summed E-state index contributed by atoms with van der Waals surface area (Å²) in [5.74, 6) is -7.88. The summed E-state index contributed by atoms with van der Waals surface area (Å²) < 4.78 is 39.4. The normalized spacial score (nSPS) is 33.5. The van der Waals surface area contributed by atoms with Gasteiger partial charge in [-0.2, -0.15) is 0 Å². The molecule has 1 saturated carbocycles. The summed E-state index contributed by atoms with van der Waals surface area (Å²) in [6.45, 7) is 5.81. The lowest BCUT2D eigenvalue weighted by Crippen LogP contribution is -2.63. The van der Waals surface area contributed by atoms with Crippen molar-refractivity contribution in [3.8, 4) is 11.5 Å². The second-order valence-electron chi connectivity index (χ2n) is 12.9. The summed E-state index contributed by atoms with van der Waals surface area (Å²) in [7, 11) is 1.42. The molecule has 0 radical (unpaired) electrons. The summed E-state index contributed by atoms with van der Waals surface area (Å²) in [5.41, 5.74) is 0.180. The molecular weight excluding hydrogens is 648 g/mol. The minimum absolute atomic E-state index is 0.124.